The van der Waals surface area contributed by atoms with Crippen LogP contribution in [0.15, 0.2) is 54.6 Å². The van der Waals surface area contributed by atoms with Crippen molar-refractivity contribution in [3.63, 3.8) is 0 Å². The maximum atomic E-state index is 12.2. The summed E-state index contributed by atoms with van der Waals surface area (Å²) in [4.78, 5) is 12.2. The second-order valence-electron chi connectivity index (χ2n) is 4.56. The minimum atomic E-state index is -3.71. The van der Waals surface area contributed by atoms with Gasteiger partial charge < -0.3 is 0 Å². The zero-order valence-electron chi connectivity index (χ0n) is 11.1. The molecule has 2 aromatic carbocycles. The zero-order valence-corrected chi connectivity index (χ0v) is 14.8. The smallest absolute Gasteiger partial charge is 0.257 e. The summed E-state index contributed by atoms with van der Waals surface area (Å²) in [5, 5.41) is 0. The highest BCUT2D eigenvalue weighted by molar-refractivity contribution is 14.1. The Labute approximate surface area is 142 Å². The molecule has 0 aliphatic heterocycles. The lowest BCUT2D eigenvalue weighted by molar-refractivity contribution is 0.100. The first-order valence-corrected chi connectivity index (χ1v) is 9.36. The van der Waals surface area contributed by atoms with Crippen LogP contribution in [0.1, 0.15) is 10.4 Å². The molecule has 6 heteroatoms. The van der Waals surface area contributed by atoms with Gasteiger partial charge in [0.05, 0.1) is 0 Å². The van der Waals surface area contributed by atoms with Crippen LogP contribution in [0.3, 0.4) is 0 Å². The minimum Gasteiger partial charge on any atom is -0.290 e. The topological polar surface area (TPSA) is 51.2 Å². The Bertz CT molecular complexity index is 753. The summed E-state index contributed by atoms with van der Waals surface area (Å²) in [6.45, 7) is 0. The number of carbonyl (C=O) groups excluding carboxylic acids is 1. The van der Waals surface area contributed by atoms with Crippen molar-refractivity contribution in [2.75, 3.05) is 6.26 Å². The van der Waals surface area contributed by atoms with Crippen molar-refractivity contribution in [2.45, 2.75) is 2.21 Å². The largest absolute Gasteiger partial charge is 0.290 e. The highest BCUT2D eigenvalue weighted by Crippen LogP contribution is 2.34. The lowest BCUT2D eigenvalue weighted by Crippen LogP contribution is -2.34. The number of ketones is 1. The molecule has 0 heterocycles. The maximum Gasteiger partial charge on any atom is 0.257 e. The Hall–Kier alpha value is -0.920. The van der Waals surface area contributed by atoms with Crippen LogP contribution in [0.25, 0.3) is 11.1 Å². The van der Waals surface area contributed by atoms with Gasteiger partial charge in [-0.1, -0.05) is 66.2 Å². The summed E-state index contributed by atoms with van der Waals surface area (Å²) < 4.78 is 21.2. The molecule has 0 aromatic heterocycles. The number of halogens is 2. The molecule has 0 N–H and O–H groups in total. The van der Waals surface area contributed by atoms with E-state index in [1.54, 1.807) is 24.3 Å². The molecule has 2 aromatic rings. The average molecular weight is 435 g/mol. The van der Waals surface area contributed by atoms with Crippen LogP contribution in [-0.2, 0) is 9.84 Å². The average Bonchev–Trinajstić information content (AvgIpc) is 2.46. The van der Waals surface area contributed by atoms with Crippen LogP contribution in [0.2, 0.25) is 0 Å². The SMILES string of the molecule is CS(=O)(=O)[C@@](Cl)(I)C(=O)c1ccc(-c2ccccc2)cc1. The highest BCUT2D eigenvalue weighted by Gasteiger charge is 2.44. The third-order valence-electron chi connectivity index (χ3n) is 2.98. The van der Waals surface area contributed by atoms with Gasteiger partial charge in [0.15, 0.2) is 9.84 Å². The first kappa shape index (κ1) is 16.5. The minimum absolute atomic E-state index is 0.268. The van der Waals surface area contributed by atoms with E-state index < -0.39 is 17.8 Å². The summed E-state index contributed by atoms with van der Waals surface area (Å²) in [6.07, 6.45) is 0.947. The van der Waals surface area contributed by atoms with E-state index in [9.17, 15) is 13.2 Å². The van der Waals surface area contributed by atoms with Crippen LogP contribution in [-0.4, -0.2) is 22.7 Å². The van der Waals surface area contributed by atoms with Crippen LogP contribution < -0.4 is 0 Å². The summed E-state index contributed by atoms with van der Waals surface area (Å²) in [6, 6.07) is 16.4. The van der Waals surface area contributed by atoms with E-state index in [1.165, 1.54) is 22.6 Å². The number of benzene rings is 2. The first-order chi connectivity index (χ1) is 9.73. The Morgan fingerprint density at radius 3 is 1.95 bits per heavy atom. The molecular formula is C15H12ClIO3S. The highest BCUT2D eigenvalue weighted by atomic mass is 127. The second kappa shape index (κ2) is 6.06. The maximum absolute atomic E-state index is 12.2. The predicted molar refractivity (Wildman–Crippen MR) is 93.7 cm³/mol. The standard InChI is InChI=1S/C15H12ClIO3S/c1-21(19,20)15(16,17)14(18)13-9-7-12(8-10-13)11-5-3-2-4-6-11/h2-10H,1H3/t15-/m0/s1. The number of alkyl halides is 2. The fourth-order valence-electron chi connectivity index (χ4n) is 1.78. The van der Waals surface area contributed by atoms with Gasteiger partial charge >= 0.3 is 0 Å². The lowest BCUT2D eigenvalue weighted by Gasteiger charge is -2.16. The fraction of sp³-hybridized carbons (Fsp3) is 0.133. The van der Waals surface area contributed by atoms with Crippen molar-refractivity contribution in [3.05, 3.63) is 60.2 Å². The molecule has 0 bridgehead atoms. The van der Waals surface area contributed by atoms with E-state index in [1.807, 2.05) is 30.3 Å². The Balaban J connectivity index is 2.34. The van der Waals surface area contributed by atoms with Crippen LogP contribution in [0.4, 0.5) is 0 Å². The fourth-order valence-corrected chi connectivity index (χ4v) is 2.66. The molecule has 0 spiro atoms. The van der Waals surface area contributed by atoms with E-state index in [4.69, 9.17) is 11.6 Å². The number of Topliss-reactive ketones (excluding diaryl/α,β-unsaturated/α-hetero) is 1. The molecule has 0 unspecified atom stereocenters. The number of sulfone groups is 1. The van der Waals surface area contributed by atoms with Gasteiger partial charge in [-0.2, -0.15) is 0 Å². The molecule has 0 fully saturated rings. The molecule has 0 saturated heterocycles. The van der Waals surface area contributed by atoms with Gasteiger partial charge in [0.2, 0.25) is 5.78 Å². The van der Waals surface area contributed by atoms with Gasteiger partial charge in [0.25, 0.3) is 2.21 Å². The van der Waals surface area contributed by atoms with Crippen LogP contribution >= 0.6 is 34.2 Å². The quantitative estimate of drug-likeness (QED) is 0.416. The molecule has 0 saturated carbocycles. The second-order valence-corrected chi connectivity index (χ2v) is 10.5. The molecule has 0 radical (unpaired) electrons. The molecule has 0 aliphatic carbocycles. The molecule has 21 heavy (non-hydrogen) atoms. The lowest BCUT2D eigenvalue weighted by atomic mass is 10.0. The van der Waals surface area contributed by atoms with Crippen molar-refractivity contribution < 1.29 is 13.2 Å². The van der Waals surface area contributed by atoms with Gasteiger partial charge in [-0.05, 0) is 33.7 Å². The Morgan fingerprint density at radius 1 is 1.00 bits per heavy atom. The van der Waals surface area contributed by atoms with Gasteiger partial charge in [0, 0.05) is 11.8 Å². The van der Waals surface area contributed by atoms with Gasteiger partial charge in [-0.15, -0.1) is 0 Å². The number of hydrogen-bond acceptors (Lipinski definition) is 3. The summed E-state index contributed by atoms with van der Waals surface area (Å²) in [5.74, 6) is -0.633. The van der Waals surface area contributed by atoms with Crippen LogP contribution in [0, 0.1) is 0 Å². The van der Waals surface area contributed by atoms with Gasteiger partial charge in [0.1, 0.15) is 0 Å². The number of carbonyl (C=O) groups is 1. The summed E-state index contributed by atoms with van der Waals surface area (Å²) in [7, 11) is -3.71. The van der Waals surface area contributed by atoms with Gasteiger partial charge in [-0.25, -0.2) is 8.42 Å². The number of hydrogen-bond donors (Lipinski definition) is 0. The third kappa shape index (κ3) is 3.46. The summed E-state index contributed by atoms with van der Waals surface area (Å²) in [5.41, 5.74) is 2.23. The van der Waals surface area contributed by atoms with E-state index in [2.05, 4.69) is 0 Å². The van der Waals surface area contributed by atoms with Crippen molar-refractivity contribution in [1.29, 1.82) is 0 Å². The monoisotopic (exact) mass is 434 g/mol. The van der Waals surface area contributed by atoms with Gasteiger partial charge in [-0.3, -0.25) is 4.79 Å². The van der Waals surface area contributed by atoms with Crippen LogP contribution in [0.5, 0.6) is 0 Å². The van der Waals surface area contributed by atoms with E-state index >= 15 is 0 Å². The van der Waals surface area contributed by atoms with Crippen molar-refractivity contribution in [3.8, 4) is 11.1 Å². The molecule has 110 valence electrons. The molecule has 1 atom stereocenters. The van der Waals surface area contributed by atoms with Crippen molar-refractivity contribution >= 4 is 49.8 Å². The van der Waals surface area contributed by atoms with Crippen molar-refractivity contribution in [1.82, 2.24) is 0 Å². The Morgan fingerprint density at radius 2 is 1.48 bits per heavy atom. The van der Waals surface area contributed by atoms with E-state index in [0.717, 1.165) is 17.4 Å². The van der Waals surface area contributed by atoms with E-state index in [0.29, 0.717) is 0 Å². The predicted octanol–water partition coefficient (Wildman–Crippen LogP) is 3.91. The molecule has 3 nitrogen and oxygen atoms in total. The zero-order chi connectivity index (χ0) is 15.7. The molecule has 2 rings (SSSR count). The molecule has 0 amide bonds. The number of rotatable bonds is 4. The summed E-state index contributed by atoms with van der Waals surface area (Å²) >= 11 is 7.36. The van der Waals surface area contributed by atoms with E-state index in [-0.39, 0.29) is 5.56 Å². The third-order valence-corrected chi connectivity index (χ3v) is 8.00. The molecular weight excluding hydrogens is 423 g/mol. The Kier molecular flexibility index (Phi) is 4.75. The normalized spacial score (nSPS) is 14.4. The molecule has 0 aliphatic rings. The van der Waals surface area contributed by atoms with Crippen molar-refractivity contribution in [2.24, 2.45) is 0 Å². The first-order valence-electron chi connectivity index (χ1n) is 6.01.